The summed E-state index contributed by atoms with van der Waals surface area (Å²) < 4.78 is 5.21. The summed E-state index contributed by atoms with van der Waals surface area (Å²) in [7, 11) is 1.59. The van der Waals surface area contributed by atoms with Gasteiger partial charge in [0.2, 0.25) is 0 Å². The maximum atomic E-state index is 9.77. The van der Waals surface area contributed by atoms with Gasteiger partial charge in [-0.2, -0.15) is 0 Å². The van der Waals surface area contributed by atoms with Crippen LogP contribution in [0.1, 0.15) is 18.4 Å². The first-order valence-electron chi connectivity index (χ1n) is 6.24. The summed E-state index contributed by atoms with van der Waals surface area (Å²) in [6, 6.07) is 5.35. The molecule has 0 bridgehead atoms. The van der Waals surface area contributed by atoms with Gasteiger partial charge in [-0.25, -0.2) is 0 Å². The number of oxime groups is 1. The first-order valence-corrected chi connectivity index (χ1v) is 6.24. The van der Waals surface area contributed by atoms with Crippen molar-refractivity contribution in [3.8, 4) is 5.75 Å². The molecule has 104 valence electrons. The average molecular weight is 265 g/mol. The van der Waals surface area contributed by atoms with Crippen LogP contribution in [0.25, 0.3) is 0 Å². The van der Waals surface area contributed by atoms with Gasteiger partial charge in [0.15, 0.2) is 5.84 Å². The first-order chi connectivity index (χ1) is 9.15. The lowest BCUT2D eigenvalue weighted by molar-refractivity contribution is 0.154. The van der Waals surface area contributed by atoms with E-state index in [1.165, 1.54) is 0 Å². The van der Waals surface area contributed by atoms with Crippen LogP contribution in [-0.4, -0.2) is 42.5 Å². The summed E-state index contributed by atoms with van der Waals surface area (Å²) in [6.45, 7) is 1.37. The van der Waals surface area contributed by atoms with E-state index in [4.69, 9.17) is 15.7 Å². The van der Waals surface area contributed by atoms with Crippen molar-refractivity contribution in [3.05, 3.63) is 23.8 Å². The van der Waals surface area contributed by atoms with Gasteiger partial charge >= 0.3 is 0 Å². The number of amidine groups is 1. The van der Waals surface area contributed by atoms with Gasteiger partial charge in [0.25, 0.3) is 0 Å². The summed E-state index contributed by atoms with van der Waals surface area (Å²) in [5.41, 5.74) is 7.15. The molecular formula is C13H19N3O3. The number of aliphatic hydroxyl groups excluding tert-OH is 1. The van der Waals surface area contributed by atoms with Crippen LogP contribution in [0.15, 0.2) is 23.4 Å². The molecule has 1 fully saturated rings. The summed E-state index contributed by atoms with van der Waals surface area (Å²) in [5.74, 6) is 0.752. The van der Waals surface area contributed by atoms with Gasteiger partial charge in [-0.1, -0.05) is 5.16 Å². The zero-order valence-electron chi connectivity index (χ0n) is 10.9. The maximum absolute atomic E-state index is 9.77. The van der Waals surface area contributed by atoms with Crippen LogP contribution in [0, 0.1) is 0 Å². The Morgan fingerprint density at radius 2 is 2.32 bits per heavy atom. The van der Waals surface area contributed by atoms with E-state index >= 15 is 0 Å². The monoisotopic (exact) mass is 265 g/mol. The molecule has 6 heteroatoms. The smallest absolute Gasteiger partial charge is 0.172 e. The van der Waals surface area contributed by atoms with Crippen LogP contribution in [-0.2, 0) is 0 Å². The zero-order chi connectivity index (χ0) is 13.8. The second-order valence-corrected chi connectivity index (χ2v) is 4.61. The normalized spacial score (nSPS) is 20.4. The zero-order valence-corrected chi connectivity index (χ0v) is 10.9. The molecule has 1 aliphatic heterocycles. The number of nitrogens with two attached hydrogens (primary N) is 1. The van der Waals surface area contributed by atoms with Crippen molar-refractivity contribution in [1.29, 1.82) is 0 Å². The van der Waals surface area contributed by atoms with Gasteiger partial charge in [-0.15, -0.1) is 0 Å². The molecule has 0 amide bonds. The SMILES string of the molecule is COc1ccc(/C(N)=N/O)c(N2CCCC(O)C2)c1. The molecule has 2 rings (SSSR count). The van der Waals surface area contributed by atoms with Crippen molar-refractivity contribution in [2.45, 2.75) is 18.9 Å². The fraction of sp³-hybridized carbons (Fsp3) is 0.462. The lowest BCUT2D eigenvalue weighted by atomic mass is 10.0. The molecule has 19 heavy (non-hydrogen) atoms. The molecule has 1 aromatic rings. The van der Waals surface area contributed by atoms with E-state index in [0.717, 1.165) is 25.1 Å². The highest BCUT2D eigenvalue weighted by Crippen LogP contribution is 2.28. The van der Waals surface area contributed by atoms with E-state index in [-0.39, 0.29) is 11.9 Å². The van der Waals surface area contributed by atoms with Gasteiger partial charge in [0, 0.05) is 24.7 Å². The third kappa shape index (κ3) is 2.90. The summed E-state index contributed by atoms with van der Waals surface area (Å²) in [4.78, 5) is 2.03. The predicted molar refractivity (Wildman–Crippen MR) is 73.0 cm³/mol. The Kier molecular flexibility index (Phi) is 4.11. The highest BCUT2D eigenvalue weighted by atomic mass is 16.5. The molecule has 0 aromatic heterocycles. The molecule has 1 unspecified atom stereocenters. The van der Waals surface area contributed by atoms with Crippen molar-refractivity contribution in [2.75, 3.05) is 25.1 Å². The Labute approximate surface area is 112 Å². The molecule has 0 radical (unpaired) electrons. The number of β-amino-alcohol motifs (C(OH)–C–C–N with tert-alkyl or cyclic N) is 1. The Balaban J connectivity index is 2.39. The first kappa shape index (κ1) is 13.5. The van der Waals surface area contributed by atoms with Crippen LogP contribution >= 0.6 is 0 Å². The molecule has 6 nitrogen and oxygen atoms in total. The average Bonchev–Trinajstić information content (AvgIpc) is 2.45. The number of benzene rings is 1. The van der Waals surface area contributed by atoms with Crippen LogP contribution in [0.5, 0.6) is 5.75 Å². The largest absolute Gasteiger partial charge is 0.497 e. The van der Waals surface area contributed by atoms with Crippen molar-refractivity contribution in [2.24, 2.45) is 10.9 Å². The van der Waals surface area contributed by atoms with E-state index < -0.39 is 0 Å². The van der Waals surface area contributed by atoms with E-state index in [0.29, 0.717) is 17.9 Å². The number of methoxy groups -OCH3 is 1. The molecule has 1 saturated heterocycles. The number of ether oxygens (including phenoxy) is 1. The standard InChI is InChI=1S/C13H19N3O3/c1-19-10-4-5-11(13(14)15-18)12(7-10)16-6-2-3-9(17)8-16/h4-5,7,9,17-18H,2-3,6,8H2,1H3,(H2,14,15). The lowest BCUT2D eigenvalue weighted by Crippen LogP contribution is -2.39. The number of piperidine rings is 1. The molecule has 1 atom stereocenters. The third-order valence-electron chi connectivity index (χ3n) is 3.33. The van der Waals surface area contributed by atoms with Gasteiger partial charge in [-0.05, 0) is 25.0 Å². The maximum Gasteiger partial charge on any atom is 0.172 e. The second-order valence-electron chi connectivity index (χ2n) is 4.61. The van der Waals surface area contributed by atoms with Crippen molar-refractivity contribution >= 4 is 11.5 Å². The molecule has 0 aliphatic carbocycles. The second kappa shape index (κ2) is 5.79. The molecule has 0 saturated carbocycles. The topological polar surface area (TPSA) is 91.3 Å². The molecule has 1 aromatic carbocycles. The molecule has 4 N–H and O–H groups in total. The number of rotatable bonds is 3. The highest BCUT2D eigenvalue weighted by molar-refractivity contribution is 6.02. The lowest BCUT2D eigenvalue weighted by Gasteiger charge is -2.33. The number of aliphatic hydroxyl groups is 1. The molecule has 0 spiro atoms. The number of nitrogens with zero attached hydrogens (tertiary/aromatic N) is 2. The minimum Gasteiger partial charge on any atom is -0.497 e. The summed E-state index contributed by atoms with van der Waals surface area (Å²) in [6.07, 6.45) is 1.37. The number of hydrogen-bond acceptors (Lipinski definition) is 5. The highest BCUT2D eigenvalue weighted by Gasteiger charge is 2.21. The minimum absolute atomic E-state index is 0.0534. The Morgan fingerprint density at radius 3 is 2.95 bits per heavy atom. The summed E-state index contributed by atoms with van der Waals surface area (Å²) in [5, 5.41) is 21.7. The van der Waals surface area contributed by atoms with Crippen LogP contribution in [0.2, 0.25) is 0 Å². The summed E-state index contributed by atoms with van der Waals surface area (Å²) >= 11 is 0. The quantitative estimate of drug-likeness (QED) is 0.325. The fourth-order valence-corrected chi connectivity index (χ4v) is 2.34. The molecule has 1 heterocycles. The van der Waals surface area contributed by atoms with E-state index in [1.54, 1.807) is 19.2 Å². The van der Waals surface area contributed by atoms with Gasteiger partial charge in [0.05, 0.1) is 18.9 Å². The number of hydrogen-bond donors (Lipinski definition) is 3. The Bertz CT molecular complexity index is 476. The van der Waals surface area contributed by atoms with E-state index in [9.17, 15) is 5.11 Å². The minimum atomic E-state index is -0.347. The van der Waals surface area contributed by atoms with Crippen molar-refractivity contribution in [3.63, 3.8) is 0 Å². The van der Waals surface area contributed by atoms with Gasteiger partial charge in [0.1, 0.15) is 5.75 Å². The fourth-order valence-electron chi connectivity index (χ4n) is 2.34. The Hall–Kier alpha value is -1.95. The van der Waals surface area contributed by atoms with Crippen LogP contribution < -0.4 is 15.4 Å². The van der Waals surface area contributed by atoms with E-state index in [1.807, 2.05) is 11.0 Å². The van der Waals surface area contributed by atoms with Crippen LogP contribution in [0.3, 0.4) is 0 Å². The predicted octanol–water partition coefficient (Wildman–Crippen LogP) is 0.751. The third-order valence-corrected chi connectivity index (χ3v) is 3.33. The van der Waals surface area contributed by atoms with E-state index in [2.05, 4.69) is 5.16 Å². The van der Waals surface area contributed by atoms with Gasteiger partial charge < -0.3 is 25.7 Å². The Morgan fingerprint density at radius 1 is 1.53 bits per heavy atom. The van der Waals surface area contributed by atoms with Crippen LogP contribution in [0.4, 0.5) is 5.69 Å². The number of anilines is 1. The van der Waals surface area contributed by atoms with Crippen molar-refractivity contribution < 1.29 is 15.1 Å². The van der Waals surface area contributed by atoms with Crippen molar-refractivity contribution in [1.82, 2.24) is 0 Å². The van der Waals surface area contributed by atoms with Gasteiger partial charge in [-0.3, -0.25) is 0 Å². The molecule has 1 aliphatic rings. The molecular weight excluding hydrogens is 246 g/mol.